The third-order valence-corrected chi connectivity index (χ3v) is 3.94. The summed E-state index contributed by atoms with van der Waals surface area (Å²) in [7, 11) is 0. The van der Waals surface area contributed by atoms with Crippen molar-refractivity contribution in [2.24, 2.45) is 17.8 Å². The molecule has 0 bridgehead atoms. The Balaban J connectivity index is 2.52. The fourth-order valence-electron chi connectivity index (χ4n) is 2.31. The lowest BCUT2D eigenvalue weighted by molar-refractivity contribution is 0.275. The zero-order chi connectivity index (χ0) is 13.7. The van der Waals surface area contributed by atoms with Crippen LogP contribution in [0.15, 0.2) is 22.7 Å². The summed E-state index contributed by atoms with van der Waals surface area (Å²) in [6, 6.07) is 5.54. The Hall–Kier alpha value is -0.540. The molecule has 0 aliphatic heterocycles. The quantitative estimate of drug-likeness (QED) is 0.826. The molecule has 0 aliphatic carbocycles. The van der Waals surface area contributed by atoms with Gasteiger partial charge in [-0.25, -0.2) is 0 Å². The summed E-state index contributed by atoms with van der Waals surface area (Å²) in [5.74, 6) is 2.37. The van der Waals surface area contributed by atoms with Gasteiger partial charge in [0, 0.05) is 16.6 Å². The first kappa shape index (κ1) is 15.5. The highest BCUT2D eigenvalue weighted by Crippen LogP contribution is 2.23. The number of phenols is 1. The summed E-state index contributed by atoms with van der Waals surface area (Å²) < 4.78 is 1.00. The zero-order valence-electron chi connectivity index (χ0n) is 11.7. The molecule has 0 unspecified atom stereocenters. The molecule has 1 aromatic rings. The smallest absolute Gasteiger partial charge is 0.120 e. The highest BCUT2D eigenvalue weighted by Gasteiger charge is 2.16. The van der Waals surface area contributed by atoms with Crippen LogP contribution in [0.3, 0.4) is 0 Å². The minimum absolute atomic E-state index is 0.358. The van der Waals surface area contributed by atoms with Gasteiger partial charge in [-0.3, -0.25) is 0 Å². The van der Waals surface area contributed by atoms with Crippen molar-refractivity contribution in [3.05, 3.63) is 28.2 Å². The maximum Gasteiger partial charge on any atom is 0.120 e. The van der Waals surface area contributed by atoms with E-state index in [-0.39, 0.29) is 0 Å². The molecular weight excluding hydrogens is 290 g/mol. The van der Waals surface area contributed by atoms with E-state index in [1.54, 1.807) is 6.07 Å². The summed E-state index contributed by atoms with van der Waals surface area (Å²) >= 11 is 3.42. The van der Waals surface area contributed by atoms with Gasteiger partial charge >= 0.3 is 0 Å². The normalized spacial score (nSPS) is 11.8. The van der Waals surface area contributed by atoms with Gasteiger partial charge in [-0.05, 0) is 42.5 Å². The van der Waals surface area contributed by atoms with Crippen LogP contribution in [0.2, 0.25) is 0 Å². The van der Waals surface area contributed by atoms with Gasteiger partial charge in [-0.1, -0.05) is 43.6 Å². The van der Waals surface area contributed by atoms with Crippen molar-refractivity contribution in [3.8, 4) is 5.75 Å². The fourth-order valence-corrected chi connectivity index (χ4v) is 2.72. The van der Waals surface area contributed by atoms with E-state index >= 15 is 0 Å². The van der Waals surface area contributed by atoms with Gasteiger partial charge in [0.15, 0.2) is 0 Å². The number of aromatic hydroxyl groups is 1. The topological polar surface area (TPSA) is 32.3 Å². The number of rotatable bonds is 6. The fraction of sp³-hybridized carbons (Fsp3) is 0.600. The second-order valence-electron chi connectivity index (χ2n) is 5.56. The summed E-state index contributed by atoms with van der Waals surface area (Å²) in [4.78, 5) is 0. The Bertz CT molecular complexity index is 369. The molecule has 0 spiro atoms. The first-order valence-corrected chi connectivity index (χ1v) is 7.39. The molecule has 0 fully saturated rings. The van der Waals surface area contributed by atoms with Crippen LogP contribution in [0.5, 0.6) is 5.75 Å². The predicted octanol–water partition coefficient (Wildman–Crippen LogP) is 4.17. The van der Waals surface area contributed by atoms with E-state index < -0.39 is 0 Å². The lowest BCUT2D eigenvalue weighted by Crippen LogP contribution is -2.29. The van der Waals surface area contributed by atoms with Crippen LogP contribution in [0.25, 0.3) is 0 Å². The maximum absolute atomic E-state index is 9.76. The molecule has 0 saturated carbocycles. The van der Waals surface area contributed by atoms with E-state index in [2.05, 4.69) is 48.9 Å². The lowest BCUT2D eigenvalue weighted by Gasteiger charge is -2.25. The maximum atomic E-state index is 9.76. The van der Waals surface area contributed by atoms with Crippen LogP contribution in [0.1, 0.15) is 33.3 Å². The minimum atomic E-state index is 0.358. The van der Waals surface area contributed by atoms with E-state index in [9.17, 15) is 5.11 Å². The third-order valence-electron chi connectivity index (χ3n) is 3.45. The van der Waals surface area contributed by atoms with E-state index in [0.29, 0.717) is 30.0 Å². The molecule has 102 valence electrons. The first-order valence-electron chi connectivity index (χ1n) is 6.60. The SMILES string of the molecule is CC(C)C(CNCc1cc(Br)ccc1O)C(C)C. The summed E-state index contributed by atoms with van der Waals surface area (Å²) in [6.07, 6.45) is 0. The molecule has 1 aromatic carbocycles. The van der Waals surface area contributed by atoms with Gasteiger partial charge in [-0.2, -0.15) is 0 Å². The number of hydrogen-bond acceptors (Lipinski definition) is 2. The zero-order valence-corrected chi connectivity index (χ0v) is 13.3. The largest absolute Gasteiger partial charge is 0.508 e. The van der Waals surface area contributed by atoms with Crippen molar-refractivity contribution < 1.29 is 5.11 Å². The number of hydrogen-bond donors (Lipinski definition) is 2. The average Bonchev–Trinajstić information content (AvgIpc) is 2.27. The number of nitrogens with one attached hydrogen (secondary N) is 1. The first-order chi connectivity index (χ1) is 8.41. The van der Waals surface area contributed by atoms with Crippen molar-refractivity contribution in [2.75, 3.05) is 6.54 Å². The van der Waals surface area contributed by atoms with Crippen LogP contribution < -0.4 is 5.32 Å². The van der Waals surface area contributed by atoms with Gasteiger partial charge in [-0.15, -0.1) is 0 Å². The van der Waals surface area contributed by atoms with E-state index in [4.69, 9.17) is 0 Å². The Morgan fingerprint density at radius 1 is 1.17 bits per heavy atom. The highest BCUT2D eigenvalue weighted by molar-refractivity contribution is 9.10. The summed E-state index contributed by atoms with van der Waals surface area (Å²) in [5.41, 5.74) is 0.940. The number of benzene rings is 1. The Morgan fingerprint density at radius 2 is 1.78 bits per heavy atom. The van der Waals surface area contributed by atoms with E-state index in [1.165, 1.54) is 0 Å². The molecule has 0 atom stereocenters. The average molecular weight is 314 g/mol. The van der Waals surface area contributed by atoms with Crippen molar-refractivity contribution in [3.63, 3.8) is 0 Å². The summed E-state index contributed by atoms with van der Waals surface area (Å²) in [5, 5.41) is 13.2. The molecule has 0 aromatic heterocycles. The highest BCUT2D eigenvalue weighted by atomic mass is 79.9. The van der Waals surface area contributed by atoms with E-state index in [0.717, 1.165) is 16.6 Å². The second kappa shape index (κ2) is 7.15. The van der Waals surface area contributed by atoms with Crippen LogP contribution >= 0.6 is 15.9 Å². The van der Waals surface area contributed by atoms with Crippen LogP contribution in [-0.4, -0.2) is 11.7 Å². The van der Waals surface area contributed by atoms with Crippen LogP contribution in [-0.2, 0) is 6.54 Å². The number of halogens is 1. The molecular formula is C15H24BrNO. The molecule has 0 heterocycles. The molecule has 2 N–H and O–H groups in total. The van der Waals surface area contributed by atoms with Crippen molar-refractivity contribution >= 4 is 15.9 Å². The Labute approximate surface area is 119 Å². The number of phenolic OH excluding ortho intramolecular Hbond substituents is 1. The molecule has 18 heavy (non-hydrogen) atoms. The van der Waals surface area contributed by atoms with Gasteiger partial charge in [0.25, 0.3) is 0 Å². The van der Waals surface area contributed by atoms with E-state index in [1.807, 2.05) is 12.1 Å². The molecule has 3 heteroatoms. The Morgan fingerprint density at radius 3 is 2.33 bits per heavy atom. The van der Waals surface area contributed by atoms with Crippen LogP contribution in [0, 0.1) is 17.8 Å². The standard InChI is InChI=1S/C15H24BrNO/c1-10(2)14(11(3)4)9-17-8-12-7-13(16)5-6-15(12)18/h5-7,10-11,14,17-18H,8-9H2,1-4H3. The van der Waals surface area contributed by atoms with Gasteiger partial charge in [0.2, 0.25) is 0 Å². The van der Waals surface area contributed by atoms with Crippen molar-refractivity contribution in [1.29, 1.82) is 0 Å². The Kier molecular flexibility index (Phi) is 6.16. The monoisotopic (exact) mass is 313 g/mol. The van der Waals surface area contributed by atoms with Gasteiger partial charge in [0.05, 0.1) is 0 Å². The lowest BCUT2D eigenvalue weighted by atomic mass is 9.85. The molecule has 1 rings (SSSR count). The van der Waals surface area contributed by atoms with Crippen molar-refractivity contribution in [2.45, 2.75) is 34.2 Å². The predicted molar refractivity (Wildman–Crippen MR) is 80.7 cm³/mol. The minimum Gasteiger partial charge on any atom is -0.508 e. The molecule has 0 aliphatic rings. The summed E-state index contributed by atoms with van der Waals surface area (Å²) in [6.45, 7) is 10.8. The second-order valence-corrected chi connectivity index (χ2v) is 6.47. The van der Waals surface area contributed by atoms with Crippen LogP contribution in [0.4, 0.5) is 0 Å². The van der Waals surface area contributed by atoms with Gasteiger partial charge in [0.1, 0.15) is 5.75 Å². The third kappa shape index (κ3) is 4.62. The van der Waals surface area contributed by atoms with Gasteiger partial charge < -0.3 is 10.4 Å². The molecule has 0 radical (unpaired) electrons. The molecule has 0 amide bonds. The molecule has 0 saturated heterocycles. The van der Waals surface area contributed by atoms with Crippen molar-refractivity contribution in [1.82, 2.24) is 5.32 Å². The molecule has 2 nitrogen and oxygen atoms in total.